The third-order valence-corrected chi connectivity index (χ3v) is 4.32. The number of halogens is 2. The van der Waals surface area contributed by atoms with E-state index < -0.39 is 11.6 Å². The van der Waals surface area contributed by atoms with E-state index in [2.05, 4.69) is 5.32 Å². The fourth-order valence-electron chi connectivity index (χ4n) is 3.34. The average molecular weight is 265 g/mol. The van der Waals surface area contributed by atoms with E-state index >= 15 is 0 Å². The van der Waals surface area contributed by atoms with Gasteiger partial charge in [0.25, 0.3) is 0 Å². The Kier molecular flexibility index (Phi) is 3.25. The van der Waals surface area contributed by atoms with Gasteiger partial charge in [-0.1, -0.05) is 32.1 Å². The van der Waals surface area contributed by atoms with Crippen molar-refractivity contribution in [2.45, 2.75) is 44.4 Å². The van der Waals surface area contributed by atoms with E-state index in [1.54, 1.807) is 0 Å². The number of amides is 1. The normalized spacial score (nSPS) is 23.3. The van der Waals surface area contributed by atoms with Gasteiger partial charge >= 0.3 is 0 Å². The third-order valence-electron chi connectivity index (χ3n) is 4.32. The van der Waals surface area contributed by atoms with Crippen LogP contribution in [0.4, 0.5) is 14.5 Å². The maximum absolute atomic E-state index is 13.6. The van der Waals surface area contributed by atoms with Crippen molar-refractivity contribution in [3.8, 4) is 0 Å². The molecule has 1 atom stereocenters. The van der Waals surface area contributed by atoms with E-state index in [4.69, 9.17) is 0 Å². The van der Waals surface area contributed by atoms with E-state index in [1.165, 1.54) is 25.3 Å². The number of hydrogen-bond acceptors (Lipinski definition) is 1. The van der Waals surface area contributed by atoms with Gasteiger partial charge in [0.1, 0.15) is 11.6 Å². The van der Waals surface area contributed by atoms with Crippen LogP contribution in [-0.4, -0.2) is 5.91 Å². The molecule has 1 aromatic rings. The molecule has 1 heterocycles. The first-order valence-electron chi connectivity index (χ1n) is 6.95. The molecule has 2 aliphatic rings. The van der Waals surface area contributed by atoms with Crippen molar-refractivity contribution in [1.82, 2.24) is 0 Å². The third kappa shape index (κ3) is 2.36. The number of carbonyl (C=O) groups excluding carboxylic acids is 1. The molecule has 102 valence electrons. The summed E-state index contributed by atoms with van der Waals surface area (Å²) < 4.78 is 26.9. The first-order valence-corrected chi connectivity index (χ1v) is 6.95. The summed E-state index contributed by atoms with van der Waals surface area (Å²) in [6.07, 6.45) is 6.61. The minimum Gasteiger partial charge on any atom is -0.323 e. The lowest BCUT2D eigenvalue weighted by Gasteiger charge is -2.23. The molecule has 0 aromatic heterocycles. The van der Waals surface area contributed by atoms with Gasteiger partial charge in [-0.25, -0.2) is 8.78 Å². The van der Waals surface area contributed by atoms with E-state index in [0.29, 0.717) is 17.9 Å². The van der Waals surface area contributed by atoms with Crippen LogP contribution in [0.1, 0.15) is 50.0 Å². The highest BCUT2D eigenvalue weighted by Crippen LogP contribution is 2.41. The van der Waals surface area contributed by atoms with Crippen LogP contribution >= 0.6 is 0 Å². The largest absolute Gasteiger partial charge is 0.323 e. The quantitative estimate of drug-likeness (QED) is 0.861. The first-order chi connectivity index (χ1) is 9.15. The van der Waals surface area contributed by atoms with E-state index in [9.17, 15) is 13.6 Å². The second-order valence-electron chi connectivity index (χ2n) is 5.63. The van der Waals surface area contributed by atoms with Crippen LogP contribution < -0.4 is 5.32 Å². The Balaban J connectivity index is 1.85. The van der Waals surface area contributed by atoms with Crippen LogP contribution in [0.25, 0.3) is 0 Å². The molecule has 0 radical (unpaired) electrons. The highest BCUT2D eigenvalue weighted by atomic mass is 19.1. The predicted molar refractivity (Wildman–Crippen MR) is 68.9 cm³/mol. The van der Waals surface area contributed by atoms with Crippen LogP contribution in [0.5, 0.6) is 0 Å². The summed E-state index contributed by atoms with van der Waals surface area (Å²) in [7, 11) is 0. The van der Waals surface area contributed by atoms with Crippen molar-refractivity contribution in [1.29, 1.82) is 0 Å². The Bertz CT molecular complexity index is 509. The standard InChI is InChI=1S/C15H17F2NO/c16-10-7-11-12(6-9-4-2-1-3-5-9)15(19)18-14(11)13(17)8-10/h7-9,12H,1-6H2,(H,18,19). The number of carbonyl (C=O) groups is 1. The fourth-order valence-corrected chi connectivity index (χ4v) is 3.34. The number of anilines is 1. The highest BCUT2D eigenvalue weighted by Gasteiger charge is 2.35. The molecule has 0 spiro atoms. The molecule has 0 saturated heterocycles. The van der Waals surface area contributed by atoms with Crippen LogP contribution in [0.2, 0.25) is 0 Å². The molecule has 2 nitrogen and oxygen atoms in total. The molecular formula is C15H17F2NO. The van der Waals surface area contributed by atoms with Crippen LogP contribution in [0, 0.1) is 17.6 Å². The Morgan fingerprint density at radius 2 is 1.89 bits per heavy atom. The van der Waals surface area contributed by atoms with Gasteiger partial charge in [-0.15, -0.1) is 0 Å². The van der Waals surface area contributed by atoms with Crippen molar-refractivity contribution in [3.05, 3.63) is 29.3 Å². The molecular weight excluding hydrogens is 248 g/mol. The zero-order valence-electron chi connectivity index (χ0n) is 10.7. The number of benzene rings is 1. The average Bonchev–Trinajstić information content (AvgIpc) is 2.69. The van der Waals surface area contributed by atoms with Crippen molar-refractivity contribution >= 4 is 11.6 Å². The second-order valence-corrected chi connectivity index (χ2v) is 5.63. The molecule has 1 N–H and O–H groups in total. The predicted octanol–water partition coefficient (Wildman–Crippen LogP) is 3.97. The van der Waals surface area contributed by atoms with Crippen molar-refractivity contribution in [2.75, 3.05) is 5.32 Å². The Morgan fingerprint density at radius 1 is 1.16 bits per heavy atom. The number of nitrogens with one attached hydrogen (secondary N) is 1. The summed E-state index contributed by atoms with van der Waals surface area (Å²) in [6, 6.07) is 2.12. The van der Waals surface area contributed by atoms with Gasteiger partial charge in [0.15, 0.2) is 0 Å². The maximum atomic E-state index is 13.6. The summed E-state index contributed by atoms with van der Waals surface area (Å²) >= 11 is 0. The minimum absolute atomic E-state index is 0.173. The van der Waals surface area contributed by atoms with Crippen LogP contribution in [0.3, 0.4) is 0 Å². The molecule has 1 unspecified atom stereocenters. The van der Waals surface area contributed by atoms with Gasteiger partial charge in [0, 0.05) is 6.07 Å². The molecule has 1 saturated carbocycles. The highest BCUT2D eigenvalue weighted by molar-refractivity contribution is 6.03. The summed E-state index contributed by atoms with van der Waals surface area (Å²) in [5, 5.41) is 2.55. The van der Waals surface area contributed by atoms with Gasteiger partial charge < -0.3 is 5.32 Å². The van der Waals surface area contributed by atoms with E-state index in [-0.39, 0.29) is 17.5 Å². The number of rotatable bonds is 2. The molecule has 1 fully saturated rings. The van der Waals surface area contributed by atoms with Crippen molar-refractivity contribution in [3.63, 3.8) is 0 Å². The van der Waals surface area contributed by atoms with Crippen LogP contribution in [-0.2, 0) is 4.79 Å². The maximum Gasteiger partial charge on any atom is 0.232 e. The van der Waals surface area contributed by atoms with Crippen molar-refractivity contribution < 1.29 is 13.6 Å². The van der Waals surface area contributed by atoms with E-state index in [0.717, 1.165) is 18.9 Å². The molecule has 1 aliphatic heterocycles. The summed E-state index contributed by atoms with van der Waals surface area (Å²) in [5.74, 6) is -1.36. The second kappa shape index (κ2) is 4.91. The van der Waals surface area contributed by atoms with Crippen LogP contribution in [0.15, 0.2) is 12.1 Å². The first kappa shape index (κ1) is 12.6. The lowest BCUT2D eigenvalue weighted by Crippen LogP contribution is -2.17. The summed E-state index contributed by atoms with van der Waals surface area (Å²) in [6.45, 7) is 0. The van der Waals surface area contributed by atoms with Gasteiger partial charge in [0.2, 0.25) is 5.91 Å². The smallest absolute Gasteiger partial charge is 0.232 e. The summed E-state index contributed by atoms with van der Waals surface area (Å²) in [5.41, 5.74) is 0.667. The molecule has 19 heavy (non-hydrogen) atoms. The number of hydrogen-bond donors (Lipinski definition) is 1. The molecule has 0 bridgehead atoms. The van der Waals surface area contributed by atoms with Gasteiger partial charge in [-0.2, -0.15) is 0 Å². The SMILES string of the molecule is O=C1Nc2c(F)cc(F)cc2C1CC1CCCCC1. The Labute approximate surface area is 111 Å². The Hall–Kier alpha value is -1.45. The molecule has 1 amide bonds. The lowest BCUT2D eigenvalue weighted by atomic mass is 9.81. The Morgan fingerprint density at radius 3 is 2.63 bits per heavy atom. The molecule has 3 rings (SSSR count). The minimum atomic E-state index is -0.672. The zero-order chi connectivity index (χ0) is 13.4. The topological polar surface area (TPSA) is 29.1 Å². The zero-order valence-corrected chi connectivity index (χ0v) is 10.7. The van der Waals surface area contributed by atoms with E-state index in [1.807, 2.05) is 0 Å². The molecule has 4 heteroatoms. The lowest BCUT2D eigenvalue weighted by molar-refractivity contribution is -0.117. The molecule has 1 aliphatic carbocycles. The van der Waals surface area contributed by atoms with Gasteiger partial charge in [0.05, 0.1) is 11.6 Å². The van der Waals surface area contributed by atoms with Gasteiger partial charge in [-0.05, 0) is 24.0 Å². The summed E-state index contributed by atoms with van der Waals surface area (Å²) in [4.78, 5) is 12.0. The van der Waals surface area contributed by atoms with Crippen molar-refractivity contribution in [2.24, 2.45) is 5.92 Å². The fraction of sp³-hybridized carbons (Fsp3) is 0.533. The molecule has 1 aromatic carbocycles. The van der Waals surface area contributed by atoms with Gasteiger partial charge in [-0.3, -0.25) is 4.79 Å². The number of fused-ring (bicyclic) bond motifs is 1. The monoisotopic (exact) mass is 265 g/mol.